The molecule has 1 aromatic carbocycles. The van der Waals surface area contributed by atoms with Crippen LogP contribution in [0.4, 0.5) is 5.69 Å². The molecule has 0 aliphatic rings. The number of nitrogens with one attached hydrogen (secondary N) is 1. The number of thiophene rings is 1. The van der Waals surface area contributed by atoms with Crippen molar-refractivity contribution in [3.8, 4) is 0 Å². The van der Waals surface area contributed by atoms with Crippen LogP contribution in [0, 0.1) is 6.92 Å². The van der Waals surface area contributed by atoms with Crippen molar-refractivity contribution < 1.29 is 9.21 Å². The Labute approximate surface area is 120 Å². The van der Waals surface area contributed by atoms with Crippen LogP contribution in [0.25, 0.3) is 11.1 Å². The molecule has 0 unspecified atom stereocenters. The second-order valence-corrected chi connectivity index (χ2v) is 5.54. The number of aromatic nitrogens is 1. The Kier molecular flexibility index (Phi) is 3.52. The topological polar surface area (TPSA) is 55.1 Å². The summed E-state index contributed by atoms with van der Waals surface area (Å²) in [5.74, 6) is 0.590. The number of amides is 1. The highest BCUT2D eigenvalue weighted by atomic mass is 32.1. The first-order chi connectivity index (χ1) is 9.72. The Bertz CT molecular complexity index is 732. The average Bonchev–Trinajstić information content (AvgIpc) is 3.05. The number of hydrogen-bond acceptors (Lipinski definition) is 4. The maximum Gasteiger partial charge on any atom is 0.224 e. The molecule has 0 spiro atoms. The molecular weight excluding hydrogens is 272 g/mol. The van der Waals surface area contributed by atoms with E-state index in [1.807, 2.05) is 35.7 Å². The van der Waals surface area contributed by atoms with Crippen molar-refractivity contribution in [1.82, 2.24) is 4.98 Å². The lowest BCUT2D eigenvalue weighted by Gasteiger charge is -2.04. The minimum Gasteiger partial charge on any atom is -0.441 e. The van der Waals surface area contributed by atoms with Crippen molar-refractivity contribution in [2.45, 2.75) is 19.8 Å². The minimum atomic E-state index is -0.00782. The van der Waals surface area contributed by atoms with Crippen molar-refractivity contribution in [2.75, 3.05) is 5.32 Å². The van der Waals surface area contributed by atoms with Crippen LogP contribution in [-0.2, 0) is 11.2 Å². The number of rotatable bonds is 4. The summed E-state index contributed by atoms with van der Waals surface area (Å²) in [7, 11) is 0. The van der Waals surface area contributed by atoms with Crippen LogP contribution < -0.4 is 5.32 Å². The predicted octanol–water partition coefficient (Wildman–Crippen LogP) is 3.77. The van der Waals surface area contributed by atoms with Gasteiger partial charge in [0.1, 0.15) is 5.52 Å². The summed E-state index contributed by atoms with van der Waals surface area (Å²) in [6.45, 7) is 1.79. The van der Waals surface area contributed by atoms with Crippen LogP contribution in [0.5, 0.6) is 0 Å². The molecule has 20 heavy (non-hydrogen) atoms. The maximum absolute atomic E-state index is 12.0. The molecule has 3 rings (SSSR count). The SMILES string of the molecule is Cc1nc2c(NC(=O)CCc3cccs3)cccc2o1. The highest BCUT2D eigenvalue weighted by Gasteiger charge is 2.10. The summed E-state index contributed by atoms with van der Waals surface area (Å²) in [5, 5.41) is 4.92. The molecule has 2 heterocycles. The summed E-state index contributed by atoms with van der Waals surface area (Å²) in [6, 6.07) is 9.57. The van der Waals surface area contributed by atoms with Gasteiger partial charge in [-0.15, -0.1) is 11.3 Å². The van der Waals surface area contributed by atoms with Crippen molar-refractivity contribution >= 4 is 34.0 Å². The zero-order valence-electron chi connectivity index (χ0n) is 11.1. The molecule has 102 valence electrons. The van der Waals surface area contributed by atoms with Crippen LogP contribution in [0.2, 0.25) is 0 Å². The van der Waals surface area contributed by atoms with Gasteiger partial charge in [-0.1, -0.05) is 12.1 Å². The molecule has 0 saturated heterocycles. The molecule has 0 radical (unpaired) electrons. The Balaban J connectivity index is 1.71. The zero-order chi connectivity index (χ0) is 13.9. The third-order valence-electron chi connectivity index (χ3n) is 2.98. The van der Waals surface area contributed by atoms with Gasteiger partial charge in [0.25, 0.3) is 0 Å². The molecule has 5 heteroatoms. The number of hydrogen-bond donors (Lipinski definition) is 1. The number of aryl methyl sites for hydroxylation is 2. The van der Waals surface area contributed by atoms with E-state index in [0.29, 0.717) is 29.1 Å². The number of carbonyl (C=O) groups excluding carboxylic acids is 1. The van der Waals surface area contributed by atoms with E-state index in [4.69, 9.17) is 4.42 Å². The lowest BCUT2D eigenvalue weighted by molar-refractivity contribution is -0.116. The normalized spacial score (nSPS) is 10.8. The highest BCUT2D eigenvalue weighted by Crippen LogP contribution is 2.23. The third-order valence-corrected chi connectivity index (χ3v) is 3.91. The second kappa shape index (κ2) is 5.46. The third kappa shape index (κ3) is 2.72. The van der Waals surface area contributed by atoms with Crippen molar-refractivity contribution in [2.24, 2.45) is 0 Å². The highest BCUT2D eigenvalue weighted by molar-refractivity contribution is 7.09. The number of nitrogens with zero attached hydrogens (tertiary/aromatic N) is 1. The van der Waals surface area contributed by atoms with Gasteiger partial charge in [0.2, 0.25) is 5.91 Å². The summed E-state index contributed by atoms with van der Waals surface area (Å²) in [4.78, 5) is 17.5. The van der Waals surface area contributed by atoms with Gasteiger partial charge >= 0.3 is 0 Å². The fourth-order valence-corrected chi connectivity index (χ4v) is 2.77. The lowest BCUT2D eigenvalue weighted by Crippen LogP contribution is -2.12. The first kappa shape index (κ1) is 12.9. The van der Waals surface area contributed by atoms with Gasteiger partial charge in [0, 0.05) is 18.2 Å². The van der Waals surface area contributed by atoms with E-state index in [9.17, 15) is 4.79 Å². The van der Waals surface area contributed by atoms with Gasteiger partial charge in [-0.25, -0.2) is 4.98 Å². The first-order valence-corrected chi connectivity index (χ1v) is 7.29. The molecule has 0 saturated carbocycles. The van der Waals surface area contributed by atoms with Gasteiger partial charge in [0.05, 0.1) is 5.69 Å². The van der Waals surface area contributed by atoms with Gasteiger partial charge in [0.15, 0.2) is 11.5 Å². The molecule has 0 bridgehead atoms. The van der Waals surface area contributed by atoms with E-state index in [1.54, 1.807) is 18.3 Å². The van der Waals surface area contributed by atoms with Crippen LogP contribution in [-0.4, -0.2) is 10.9 Å². The molecule has 0 fully saturated rings. The standard InChI is InChI=1S/C15H14N2O2S/c1-10-16-15-12(5-2-6-13(15)19-10)17-14(18)8-7-11-4-3-9-20-11/h2-6,9H,7-8H2,1H3,(H,17,18). The van der Waals surface area contributed by atoms with Gasteiger partial charge < -0.3 is 9.73 Å². The summed E-state index contributed by atoms with van der Waals surface area (Å²) in [5.41, 5.74) is 2.10. The molecule has 0 atom stereocenters. The van der Waals surface area contributed by atoms with E-state index in [1.165, 1.54) is 4.88 Å². The van der Waals surface area contributed by atoms with Crippen molar-refractivity contribution in [3.05, 3.63) is 46.5 Å². The van der Waals surface area contributed by atoms with Gasteiger partial charge in [-0.2, -0.15) is 0 Å². The first-order valence-electron chi connectivity index (χ1n) is 6.41. The largest absolute Gasteiger partial charge is 0.441 e. The monoisotopic (exact) mass is 286 g/mol. The summed E-state index contributed by atoms with van der Waals surface area (Å²) >= 11 is 1.67. The molecular formula is C15H14N2O2S. The fourth-order valence-electron chi connectivity index (χ4n) is 2.06. The number of benzene rings is 1. The Hall–Kier alpha value is -2.14. The van der Waals surface area contributed by atoms with Crippen LogP contribution >= 0.6 is 11.3 Å². The zero-order valence-corrected chi connectivity index (χ0v) is 11.9. The van der Waals surface area contributed by atoms with E-state index in [-0.39, 0.29) is 5.91 Å². The molecule has 2 aromatic heterocycles. The Morgan fingerprint density at radius 2 is 2.25 bits per heavy atom. The fraction of sp³-hybridized carbons (Fsp3) is 0.200. The summed E-state index contributed by atoms with van der Waals surface area (Å²) < 4.78 is 5.45. The smallest absolute Gasteiger partial charge is 0.224 e. The second-order valence-electron chi connectivity index (χ2n) is 4.51. The molecule has 4 nitrogen and oxygen atoms in total. The molecule has 1 amide bonds. The van der Waals surface area contributed by atoms with Gasteiger partial charge in [-0.3, -0.25) is 4.79 Å². The lowest BCUT2D eigenvalue weighted by atomic mass is 10.2. The Morgan fingerprint density at radius 3 is 3.05 bits per heavy atom. The maximum atomic E-state index is 12.0. The molecule has 0 aliphatic carbocycles. The van der Waals surface area contributed by atoms with Crippen molar-refractivity contribution in [3.63, 3.8) is 0 Å². The van der Waals surface area contributed by atoms with E-state index in [0.717, 1.165) is 6.42 Å². The minimum absolute atomic E-state index is 0.00782. The molecule has 1 N–H and O–H groups in total. The quantitative estimate of drug-likeness (QED) is 0.794. The van der Waals surface area contributed by atoms with Gasteiger partial charge in [-0.05, 0) is 30.0 Å². The van der Waals surface area contributed by atoms with E-state index >= 15 is 0 Å². The summed E-state index contributed by atoms with van der Waals surface area (Å²) in [6.07, 6.45) is 1.23. The number of oxazole rings is 1. The average molecular weight is 286 g/mol. The van der Waals surface area contributed by atoms with E-state index in [2.05, 4.69) is 10.3 Å². The van der Waals surface area contributed by atoms with Crippen LogP contribution in [0.1, 0.15) is 17.2 Å². The number of fused-ring (bicyclic) bond motifs is 1. The molecule has 3 aromatic rings. The van der Waals surface area contributed by atoms with Crippen LogP contribution in [0.3, 0.4) is 0 Å². The Morgan fingerprint density at radius 1 is 1.35 bits per heavy atom. The number of carbonyl (C=O) groups is 1. The van der Waals surface area contributed by atoms with E-state index < -0.39 is 0 Å². The van der Waals surface area contributed by atoms with Crippen LogP contribution in [0.15, 0.2) is 40.1 Å². The number of para-hydroxylation sites is 1. The predicted molar refractivity (Wildman–Crippen MR) is 80.0 cm³/mol. The number of anilines is 1. The molecule has 0 aliphatic heterocycles. The van der Waals surface area contributed by atoms with Crippen molar-refractivity contribution in [1.29, 1.82) is 0 Å².